The lowest BCUT2D eigenvalue weighted by molar-refractivity contribution is -0.0647. The largest absolute Gasteiger partial charge is 0.447 e. The smallest absolute Gasteiger partial charge is 0.323 e. The van der Waals surface area contributed by atoms with Crippen LogP contribution in [0.15, 0.2) is 36.5 Å². The van der Waals surface area contributed by atoms with Gasteiger partial charge in [0.2, 0.25) is 0 Å². The summed E-state index contributed by atoms with van der Waals surface area (Å²) >= 11 is 0. The Labute approximate surface area is 152 Å². The highest BCUT2D eigenvalue weighted by Gasteiger charge is 2.48. The van der Waals surface area contributed by atoms with Gasteiger partial charge in [-0.15, -0.1) is 0 Å². The summed E-state index contributed by atoms with van der Waals surface area (Å²) in [6, 6.07) is 9.20. The van der Waals surface area contributed by atoms with Gasteiger partial charge >= 0.3 is 6.03 Å². The highest BCUT2D eigenvalue weighted by molar-refractivity contribution is 5.88. The monoisotopic (exact) mass is 357 g/mol. The highest BCUT2D eigenvalue weighted by Crippen LogP contribution is 2.42. The van der Waals surface area contributed by atoms with Crippen LogP contribution in [0.1, 0.15) is 6.42 Å². The lowest BCUT2D eigenvalue weighted by Crippen LogP contribution is -2.43. The molecule has 1 spiro atoms. The zero-order valence-corrected chi connectivity index (χ0v) is 15.0. The van der Waals surface area contributed by atoms with Crippen molar-refractivity contribution >= 4 is 11.8 Å². The summed E-state index contributed by atoms with van der Waals surface area (Å²) in [5, 5.41) is 7.23. The molecule has 0 unspecified atom stereocenters. The van der Waals surface area contributed by atoms with Gasteiger partial charge in [-0.2, -0.15) is 5.10 Å². The molecule has 138 valence electrons. The molecule has 0 aliphatic carbocycles. The molecule has 0 radical (unpaired) electrons. The minimum Gasteiger partial charge on any atom is -0.447 e. The molecule has 1 N–H and O–H groups in total. The van der Waals surface area contributed by atoms with E-state index >= 15 is 0 Å². The van der Waals surface area contributed by atoms with Gasteiger partial charge in [0, 0.05) is 31.8 Å². The van der Waals surface area contributed by atoms with Gasteiger partial charge in [0.05, 0.1) is 13.1 Å². The standard InChI is InChI=1S/C18H23N5O3/c1-21(2)11-12-23-9-7-16(20-23)19-17(24)22-10-8-18(13-22)25-14-5-3-4-6-15(14)26-18/h3-7,9H,8,10-13H2,1-2H3,(H,19,20,24). The fourth-order valence-corrected chi connectivity index (χ4v) is 3.18. The minimum absolute atomic E-state index is 0.192. The van der Waals surface area contributed by atoms with Crippen molar-refractivity contribution in [2.24, 2.45) is 0 Å². The van der Waals surface area contributed by atoms with E-state index in [-0.39, 0.29) is 6.03 Å². The first-order valence-electron chi connectivity index (χ1n) is 8.74. The van der Waals surface area contributed by atoms with E-state index in [0.29, 0.717) is 25.3 Å². The van der Waals surface area contributed by atoms with Crippen LogP contribution in [0, 0.1) is 0 Å². The van der Waals surface area contributed by atoms with Gasteiger partial charge in [-0.1, -0.05) is 12.1 Å². The summed E-state index contributed by atoms with van der Waals surface area (Å²) in [6.45, 7) is 2.62. The number of aromatic nitrogens is 2. The molecule has 1 aromatic carbocycles. The number of ether oxygens (including phenoxy) is 2. The van der Waals surface area contributed by atoms with Crippen LogP contribution >= 0.6 is 0 Å². The van der Waals surface area contributed by atoms with Crippen LogP contribution in [0.2, 0.25) is 0 Å². The number of hydrogen-bond acceptors (Lipinski definition) is 5. The number of carbonyl (C=O) groups is 1. The number of urea groups is 1. The first-order valence-corrected chi connectivity index (χ1v) is 8.74. The number of hydrogen-bond donors (Lipinski definition) is 1. The third-order valence-electron chi connectivity index (χ3n) is 4.57. The number of nitrogens with zero attached hydrogens (tertiary/aromatic N) is 4. The molecule has 0 saturated carbocycles. The number of likely N-dealkylation sites (N-methyl/N-ethyl adjacent to an activating group) is 1. The molecular formula is C18H23N5O3. The number of rotatable bonds is 4. The fraction of sp³-hybridized carbons (Fsp3) is 0.444. The molecule has 0 atom stereocenters. The van der Waals surface area contributed by atoms with Crippen LogP contribution in [0.5, 0.6) is 11.5 Å². The maximum Gasteiger partial charge on any atom is 0.323 e. The average Bonchev–Trinajstić information content (AvgIpc) is 3.31. The van der Waals surface area contributed by atoms with E-state index < -0.39 is 5.79 Å². The molecule has 2 aliphatic heterocycles. The van der Waals surface area contributed by atoms with Crippen molar-refractivity contribution in [3.05, 3.63) is 36.5 Å². The summed E-state index contributed by atoms with van der Waals surface area (Å²) in [6.07, 6.45) is 2.50. The predicted octanol–water partition coefficient (Wildman–Crippen LogP) is 1.85. The number of carbonyl (C=O) groups excluding carboxylic acids is 1. The highest BCUT2D eigenvalue weighted by atomic mass is 16.7. The maximum absolute atomic E-state index is 12.5. The van der Waals surface area contributed by atoms with Gasteiger partial charge in [0.15, 0.2) is 17.3 Å². The van der Waals surface area contributed by atoms with Crippen molar-refractivity contribution in [1.29, 1.82) is 0 Å². The Hall–Kier alpha value is -2.74. The van der Waals surface area contributed by atoms with E-state index in [1.165, 1.54) is 0 Å². The maximum atomic E-state index is 12.5. The van der Waals surface area contributed by atoms with Crippen LogP contribution < -0.4 is 14.8 Å². The van der Waals surface area contributed by atoms with Crippen molar-refractivity contribution in [3.8, 4) is 11.5 Å². The molecule has 2 aromatic rings. The summed E-state index contributed by atoms with van der Waals surface area (Å²) in [7, 11) is 4.03. The molecule has 8 nitrogen and oxygen atoms in total. The second-order valence-corrected chi connectivity index (χ2v) is 6.93. The Morgan fingerprint density at radius 2 is 2.00 bits per heavy atom. The van der Waals surface area contributed by atoms with Gasteiger partial charge in [-0.3, -0.25) is 10.00 Å². The van der Waals surface area contributed by atoms with Crippen LogP contribution in [-0.4, -0.2) is 65.1 Å². The molecule has 26 heavy (non-hydrogen) atoms. The number of benzene rings is 1. The van der Waals surface area contributed by atoms with E-state index in [4.69, 9.17) is 9.47 Å². The van der Waals surface area contributed by atoms with E-state index in [9.17, 15) is 4.79 Å². The molecule has 2 aliphatic rings. The van der Waals surface area contributed by atoms with Gasteiger partial charge in [0.1, 0.15) is 0 Å². The number of fused-ring (bicyclic) bond motifs is 1. The first kappa shape index (κ1) is 16.7. The molecular weight excluding hydrogens is 334 g/mol. The number of anilines is 1. The van der Waals surface area contributed by atoms with Crippen molar-refractivity contribution in [1.82, 2.24) is 19.6 Å². The quantitative estimate of drug-likeness (QED) is 0.904. The zero-order chi connectivity index (χ0) is 18.1. The van der Waals surface area contributed by atoms with E-state index in [2.05, 4.69) is 15.3 Å². The number of amides is 2. The number of likely N-dealkylation sites (tertiary alicyclic amines) is 1. The molecule has 1 saturated heterocycles. The van der Waals surface area contributed by atoms with E-state index in [1.807, 2.05) is 49.2 Å². The molecule has 0 bridgehead atoms. The number of para-hydroxylation sites is 2. The molecule has 1 aromatic heterocycles. The van der Waals surface area contributed by atoms with Gasteiger partial charge in [-0.25, -0.2) is 4.79 Å². The molecule has 1 fully saturated rings. The van der Waals surface area contributed by atoms with Crippen LogP contribution in [-0.2, 0) is 6.54 Å². The summed E-state index contributed by atoms with van der Waals surface area (Å²) in [5.74, 6) is 1.24. The van der Waals surface area contributed by atoms with Gasteiger partial charge < -0.3 is 19.3 Å². The fourth-order valence-electron chi connectivity index (χ4n) is 3.18. The van der Waals surface area contributed by atoms with Gasteiger partial charge in [0.25, 0.3) is 5.79 Å². The second kappa shape index (κ2) is 6.53. The Morgan fingerprint density at radius 1 is 1.27 bits per heavy atom. The zero-order valence-electron chi connectivity index (χ0n) is 15.0. The first-order chi connectivity index (χ1) is 12.5. The van der Waals surface area contributed by atoms with Crippen LogP contribution in [0.25, 0.3) is 0 Å². The second-order valence-electron chi connectivity index (χ2n) is 6.93. The van der Waals surface area contributed by atoms with E-state index in [0.717, 1.165) is 24.6 Å². The van der Waals surface area contributed by atoms with Crippen molar-refractivity contribution < 1.29 is 14.3 Å². The topological polar surface area (TPSA) is 71.9 Å². The lowest BCUT2D eigenvalue weighted by Gasteiger charge is -2.23. The summed E-state index contributed by atoms with van der Waals surface area (Å²) < 4.78 is 13.8. The SMILES string of the molecule is CN(C)CCn1ccc(NC(=O)N2CCC3(C2)Oc2ccccc2O3)n1. The predicted molar refractivity (Wildman–Crippen MR) is 96.4 cm³/mol. The number of nitrogens with one attached hydrogen (secondary N) is 1. The third-order valence-corrected chi connectivity index (χ3v) is 4.57. The molecule has 8 heteroatoms. The Bertz CT molecular complexity index is 779. The van der Waals surface area contributed by atoms with Crippen molar-refractivity contribution in [2.75, 3.05) is 39.0 Å². The molecule has 3 heterocycles. The Kier molecular flexibility index (Phi) is 4.20. The average molecular weight is 357 g/mol. The molecule has 4 rings (SSSR count). The third kappa shape index (κ3) is 3.32. The summed E-state index contributed by atoms with van der Waals surface area (Å²) in [5.41, 5.74) is 0. The van der Waals surface area contributed by atoms with Crippen LogP contribution in [0.4, 0.5) is 10.6 Å². The minimum atomic E-state index is -0.772. The van der Waals surface area contributed by atoms with Crippen molar-refractivity contribution in [2.45, 2.75) is 18.8 Å². The summed E-state index contributed by atoms with van der Waals surface area (Å²) in [4.78, 5) is 16.3. The normalized spacial score (nSPS) is 17.3. The molecule has 2 amide bonds. The Balaban J connectivity index is 1.34. The lowest BCUT2D eigenvalue weighted by atomic mass is 10.2. The van der Waals surface area contributed by atoms with E-state index in [1.54, 1.807) is 11.0 Å². The van der Waals surface area contributed by atoms with Crippen molar-refractivity contribution in [3.63, 3.8) is 0 Å². The van der Waals surface area contributed by atoms with Gasteiger partial charge in [-0.05, 0) is 26.2 Å². The van der Waals surface area contributed by atoms with Crippen LogP contribution in [0.3, 0.4) is 0 Å². The Morgan fingerprint density at radius 3 is 2.69 bits per heavy atom.